The summed E-state index contributed by atoms with van der Waals surface area (Å²) in [6.07, 6.45) is 6.78. The number of carbonyl (C=O) groups is 2. The van der Waals surface area contributed by atoms with Gasteiger partial charge in [0.2, 0.25) is 11.8 Å². The van der Waals surface area contributed by atoms with Gasteiger partial charge in [-0.3, -0.25) is 14.6 Å². The van der Waals surface area contributed by atoms with Crippen molar-refractivity contribution in [3.63, 3.8) is 0 Å². The summed E-state index contributed by atoms with van der Waals surface area (Å²) in [5, 5.41) is 2.86. The molecule has 1 saturated heterocycles. The molecule has 2 amide bonds. The van der Waals surface area contributed by atoms with Crippen LogP contribution in [0.15, 0.2) is 47.8 Å². The molecule has 2 aromatic rings. The van der Waals surface area contributed by atoms with E-state index in [1.165, 1.54) is 11.8 Å². The maximum atomic E-state index is 12.5. The number of anilines is 1. The highest BCUT2D eigenvalue weighted by atomic mass is 32.2. The Kier molecular flexibility index (Phi) is 6.22. The lowest BCUT2D eigenvalue weighted by Gasteiger charge is -2.32. The van der Waals surface area contributed by atoms with Crippen molar-refractivity contribution in [1.82, 2.24) is 14.9 Å². The van der Waals surface area contributed by atoms with Crippen molar-refractivity contribution in [3.8, 4) is 0 Å². The smallest absolute Gasteiger partial charge is 0.232 e. The monoisotopic (exact) mass is 370 g/mol. The number of aromatic nitrogens is 2. The van der Waals surface area contributed by atoms with Crippen LogP contribution in [0.3, 0.4) is 0 Å². The molecule has 0 saturated carbocycles. The van der Waals surface area contributed by atoms with Gasteiger partial charge in [-0.2, -0.15) is 0 Å². The zero-order chi connectivity index (χ0) is 18.4. The van der Waals surface area contributed by atoms with Crippen molar-refractivity contribution >= 4 is 29.4 Å². The molecule has 3 heterocycles. The molecule has 1 aliphatic rings. The summed E-state index contributed by atoms with van der Waals surface area (Å²) < 4.78 is 0. The Morgan fingerprint density at radius 2 is 2.08 bits per heavy atom. The van der Waals surface area contributed by atoms with Crippen molar-refractivity contribution < 1.29 is 9.59 Å². The second-order valence-electron chi connectivity index (χ2n) is 6.36. The lowest BCUT2D eigenvalue weighted by molar-refractivity contribution is -0.132. The van der Waals surface area contributed by atoms with E-state index in [4.69, 9.17) is 0 Å². The third-order valence-corrected chi connectivity index (χ3v) is 5.32. The Morgan fingerprint density at radius 1 is 1.27 bits per heavy atom. The average Bonchev–Trinajstić information content (AvgIpc) is 2.69. The van der Waals surface area contributed by atoms with Crippen molar-refractivity contribution in [2.45, 2.75) is 24.7 Å². The molecule has 0 spiro atoms. The van der Waals surface area contributed by atoms with E-state index in [9.17, 15) is 9.59 Å². The second-order valence-corrected chi connectivity index (χ2v) is 7.41. The molecule has 6 nitrogen and oxygen atoms in total. The van der Waals surface area contributed by atoms with E-state index in [0.29, 0.717) is 24.7 Å². The molecular formula is C19H22N4O2S. The molecule has 0 aromatic carbocycles. The van der Waals surface area contributed by atoms with Gasteiger partial charge in [-0.15, -0.1) is 11.8 Å². The summed E-state index contributed by atoms with van der Waals surface area (Å²) in [4.78, 5) is 36.0. The first kappa shape index (κ1) is 18.4. The van der Waals surface area contributed by atoms with Crippen LogP contribution in [-0.2, 0) is 9.59 Å². The van der Waals surface area contributed by atoms with Gasteiger partial charge < -0.3 is 10.2 Å². The van der Waals surface area contributed by atoms with E-state index in [2.05, 4.69) is 15.3 Å². The zero-order valence-corrected chi connectivity index (χ0v) is 15.5. The highest BCUT2D eigenvalue weighted by molar-refractivity contribution is 8.00. The van der Waals surface area contributed by atoms with Gasteiger partial charge >= 0.3 is 0 Å². The number of nitrogens with zero attached hydrogens (tertiary/aromatic N) is 3. The SMILES string of the molecule is Cc1ccc(NC(=O)C2CCCN(C(=O)CSc3ccncc3)C2)nc1. The maximum absolute atomic E-state index is 12.5. The Bertz CT molecular complexity index is 752. The molecule has 7 heteroatoms. The van der Waals surface area contributed by atoms with Gasteiger partial charge in [-0.25, -0.2) is 4.98 Å². The Labute approximate surface area is 157 Å². The van der Waals surface area contributed by atoms with Gasteiger partial charge in [0.1, 0.15) is 5.82 Å². The summed E-state index contributed by atoms with van der Waals surface area (Å²) >= 11 is 1.49. The Balaban J connectivity index is 1.52. The number of carbonyl (C=O) groups excluding carboxylic acids is 2. The quantitative estimate of drug-likeness (QED) is 0.819. The number of likely N-dealkylation sites (tertiary alicyclic amines) is 1. The number of rotatable bonds is 5. The van der Waals surface area contributed by atoms with Gasteiger partial charge in [0.25, 0.3) is 0 Å². The van der Waals surface area contributed by atoms with Gasteiger partial charge in [0.05, 0.1) is 11.7 Å². The molecule has 0 radical (unpaired) electrons. The number of thioether (sulfide) groups is 1. The first-order chi connectivity index (χ1) is 12.6. The standard InChI is InChI=1S/C19H22N4O2S/c1-14-4-5-17(21-11-14)22-19(25)15-3-2-10-23(12-15)18(24)13-26-16-6-8-20-9-7-16/h4-9,11,15H,2-3,10,12-13H2,1H3,(H,21,22,25). The van der Waals surface area contributed by atoms with Crippen molar-refractivity contribution in [1.29, 1.82) is 0 Å². The minimum absolute atomic E-state index is 0.0674. The van der Waals surface area contributed by atoms with Crippen LogP contribution in [0.5, 0.6) is 0 Å². The number of hydrogen-bond acceptors (Lipinski definition) is 5. The van der Waals surface area contributed by atoms with E-state index in [-0.39, 0.29) is 17.7 Å². The Morgan fingerprint density at radius 3 is 2.81 bits per heavy atom. The molecule has 1 fully saturated rings. The molecule has 0 bridgehead atoms. The summed E-state index contributed by atoms with van der Waals surface area (Å²) in [6, 6.07) is 7.48. The minimum atomic E-state index is -0.193. The van der Waals surface area contributed by atoms with Crippen LogP contribution in [0.4, 0.5) is 5.82 Å². The van der Waals surface area contributed by atoms with Crippen molar-refractivity contribution in [3.05, 3.63) is 48.4 Å². The minimum Gasteiger partial charge on any atom is -0.341 e. The molecule has 1 N–H and O–H groups in total. The predicted octanol–water partition coefficient (Wildman–Crippen LogP) is 2.75. The number of nitrogens with one attached hydrogen (secondary N) is 1. The van der Waals surface area contributed by atoms with Crippen molar-refractivity contribution in [2.75, 3.05) is 24.2 Å². The van der Waals surface area contributed by atoms with Crippen LogP contribution in [0.25, 0.3) is 0 Å². The molecule has 3 rings (SSSR count). The highest BCUT2D eigenvalue weighted by Crippen LogP contribution is 2.21. The normalized spacial score (nSPS) is 17.0. The molecule has 1 aliphatic heterocycles. The van der Waals surface area contributed by atoms with E-state index < -0.39 is 0 Å². The summed E-state index contributed by atoms with van der Waals surface area (Å²) in [5.74, 6) is 0.732. The fraction of sp³-hybridized carbons (Fsp3) is 0.368. The van der Waals surface area contributed by atoms with Gasteiger partial charge in [0, 0.05) is 36.6 Å². The Hall–Kier alpha value is -2.41. The summed E-state index contributed by atoms with van der Waals surface area (Å²) in [6.45, 7) is 3.13. The lowest BCUT2D eigenvalue weighted by atomic mass is 9.97. The fourth-order valence-electron chi connectivity index (χ4n) is 2.86. The van der Waals surface area contributed by atoms with Crippen LogP contribution in [0.1, 0.15) is 18.4 Å². The molecule has 2 aromatic heterocycles. The van der Waals surface area contributed by atoms with E-state index >= 15 is 0 Å². The average molecular weight is 370 g/mol. The van der Waals surface area contributed by atoms with Crippen LogP contribution in [0, 0.1) is 12.8 Å². The van der Waals surface area contributed by atoms with Crippen LogP contribution in [-0.4, -0.2) is 45.5 Å². The number of amides is 2. The molecule has 136 valence electrons. The number of aryl methyl sites for hydroxylation is 1. The van der Waals surface area contributed by atoms with Gasteiger partial charge in [0.15, 0.2) is 0 Å². The number of hydrogen-bond donors (Lipinski definition) is 1. The largest absolute Gasteiger partial charge is 0.341 e. The third-order valence-electron chi connectivity index (χ3n) is 4.32. The van der Waals surface area contributed by atoms with Crippen LogP contribution >= 0.6 is 11.8 Å². The first-order valence-corrected chi connectivity index (χ1v) is 9.64. The van der Waals surface area contributed by atoms with Gasteiger partial charge in [-0.05, 0) is 43.5 Å². The third kappa shape index (κ3) is 5.05. The molecule has 1 unspecified atom stereocenters. The lowest BCUT2D eigenvalue weighted by Crippen LogP contribution is -2.44. The van der Waals surface area contributed by atoms with E-state index in [1.807, 2.05) is 25.1 Å². The molecule has 26 heavy (non-hydrogen) atoms. The van der Waals surface area contributed by atoms with Crippen LogP contribution in [0.2, 0.25) is 0 Å². The van der Waals surface area contributed by atoms with Crippen molar-refractivity contribution in [2.24, 2.45) is 5.92 Å². The molecule has 0 aliphatic carbocycles. The topological polar surface area (TPSA) is 75.2 Å². The van der Waals surface area contributed by atoms with Crippen LogP contribution < -0.4 is 5.32 Å². The molecule has 1 atom stereocenters. The maximum Gasteiger partial charge on any atom is 0.232 e. The zero-order valence-electron chi connectivity index (χ0n) is 14.7. The number of piperidine rings is 1. The van der Waals surface area contributed by atoms with Gasteiger partial charge in [-0.1, -0.05) is 6.07 Å². The number of pyridine rings is 2. The van der Waals surface area contributed by atoms with E-state index in [1.54, 1.807) is 29.6 Å². The predicted molar refractivity (Wildman–Crippen MR) is 102 cm³/mol. The fourth-order valence-corrected chi connectivity index (χ4v) is 3.65. The molecular weight excluding hydrogens is 348 g/mol. The first-order valence-electron chi connectivity index (χ1n) is 8.66. The van der Waals surface area contributed by atoms with E-state index in [0.717, 1.165) is 23.3 Å². The summed E-state index contributed by atoms with van der Waals surface area (Å²) in [7, 11) is 0. The second kappa shape index (κ2) is 8.80. The summed E-state index contributed by atoms with van der Waals surface area (Å²) in [5.41, 5.74) is 1.05. The highest BCUT2D eigenvalue weighted by Gasteiger charge is 2.28.